The molecule has 0 radical (unpaired) electrons. The molecule has 0 bridgehead atoms. The number of nitrogens with zero attached hydrogens (tertiary/aromatic N) is 1. The van der Waals surface area contributed by atoms with Crippen molar-refractivity contribution in [2.24, 2.45) is 0 Å². The molecule has 122 valence electrons. The first kappa shape index (κ1) is 18.0. The van der Waals surface area contributed by atoms with E-state index in [9.17, 15) is 14.7 Å². The van der Waals surface area contributed by atoms with Crippen LogP contribution < -0.4 is 5.32 Å². The highest BCUT2D eigenvalue weighted by Gasteiger charge is 2.29. The van der Waals surface area contributed by atoms with Gasteiger partial charge in [-0.15, -0.1) is 0 Å². The van der Waals surface area contributed by atoms with Gasteiger partial charge in [-0.05, 0) is 19.9 Å². The first-order valence-corrected chi connectivity index (χ1v) is 8.31. The second kappa shape index (κ2) is 10.6. The van der Waals surface area contributed by atoms with Crippen molar-refractivity contribution in [2.45, 2.75) is 76.3 Å². The Hall–Kier alpha value is -1.10. The van der Waals surface area contributed by atoms with E-state index >= 15 is 0 Å². The maximum atomic E-state index is 11.5. The second-order valence-corrected chi connectivity index (χ2v) is 5.97. The standard InChI is InChI=1S/C16H30N2O3/c1-17-14-10-8-6-4-2-3-5-7-9-11-15(14)18(12-13-19)16(20)21/h13-15,17H,2-12H2,1H3,(H,20,21). The van der Waals surface area contributed by atoms with E-state index in [0.717, 1.165) is 32.1 Å². The molecule has 2 atom stereocenters. The van der Waals surface area contributed by atoms with Crippen molar-refractivity contribution in [3.05, 3.63) is 0 Å². The molecule has 1 saturated carbocycles. The molecule has 1 rings (SSSR count). The predicted octanol–water partition coefficient (Wildman–Crippen LogP) is 3.04. The zero-order chi connectivity index (χ0) is 15.5. The fourth-order valence-corrected chi connectivity index (χ4v) is 3.32. The van der Waals surface area contributed by atoms with Crippen LogP contribution in [-0.4, -0.2) is 48.1 Å². The quantitative estimate of drug-likeness (QED) is 0.783. The molecule has 1 amide bonds. The number of rotatable bonds is 4. The summed E-state index contributed by atoms with van der Waals surface area (Å²) in [7, 11) is 1.89. The second-order valence-electron chi connectivity index (χ2n) is 5.97. The van der Waals surface area contributed by atoms with Crippen LogP contribution >= 0.6 is 0 Å². The van der Waals surface area contributed by atoms with Gasteiger partial charge in [0, 0.05) is 6.04 Å². The van der Waals surface area contributed by atoms with Gasteiger partial charge in [-0.3, -0.25) is 4.90 Å². The van der Waals surface area contributed by atoms with Crippen LogP contribution in [0.5, 0.6) is 0 Å². The highest BCUT2D eigenvalue weighted by molar-refractivity contribution is 5.69. The molecule has 2 N–H and O–H groups in total. The minimum Gasteiger partial charge on any atom is -0.465 e. The topological polar surface area (TPSA) is 69.6 Å². The van der Waals surface area contributed by atoms with Crippen molar-refractivity contribution < 1.29 is 14.7 Å². The molecule has 0 spiro atoms. The average molecular weight is 298 g/mol. The first-order chi connectivity index (χ1) is 10.2. The first-order valence-electron chi connectivity index (χ1n) is 8.31. The van der Waals surface area contributed by atoms with Gasteiger partial charge >= 0.3 is 6.09 Å². The largest absolute Gasteiger partial charge is 0.465 e. The number of hydrogen-bond acceptors (Lipinski definition) is 3. The van der Waals surface area contributed by atoms with Gasteiger partial charge in [0.05, 0.1) is 12.6 Å². The van der Waals surface area contributed by atoms with Gasteiger partial charge < -0.3 is 15.2 Å². The van der Waals surface area contributed by atoms with Crippen LogP contribution in [0.3, 0.4) is 0 Å². The summed E-state index contributed by atoms with van der Waals surface area (Å²) >= 11 is 0. The Bertz CT molecular complexity index is 310. The molecule has 0 aromatic carbocycles. The Morgan fingerprint density at radius 2 is 1.62 bits per heavy atom. The SMILES string of the molecule is CNC1CCCCCCCCCCC1N(CC=O)C(=O)O. The van der Waals surface area contributed by atoms with E-state index in [4.69, 9.17) is 0 Å². The maximum Gasteiger partial charge on any atom is 0.407 e. The lowest BCUT2D eigenvalue weighted by atomic mass is 9.93. The molecule has 2 unspecified atom stereocenters. The molecular formula is C16H30N2O3. The summed E-state index contributed by atoms with van der Waals surface area (Å²) in [6.45, 7) is -0.0296. The lowest BCUT2D eigenvalue weighted by Crippen LogP contribution is -2.51. The molecule has 5 nitrogen and oxygen atoms in total. The average Bonchev–Trinajstić information content (AvgIpc) is 2.45. The Kier molecular flexibility index (Phi) is 9.06. The van der Waals surface area contributed by atoms with Crippen molar-refractivity contribution in [1.29, 1.82) is 0 Å². The van der Waals surface area contributed by atoms with Gasteiger partial charge in [0.1, 0.15) is 6.29 Å². The molecule has 0 heterocycles. The van der Waals surface area contributed by atoms with Gasteiger partial charge in [0.15, 0.2) is 0 Å². The van der Waals surface area contributed by atoms with Crippen LogP contribution in [0.25, 0.3) is 0 Å². The minimum atomic E-state index is -0.987. The summed E-state index contributed by atoms with van der Waals surface area (Å²) in [6, 6.07) is 0.0394. The number of likely N-dealkylation sites (N-methyl/N-ethyl adjacent to an activating group) is 1. The van der Waals surface area contributed by atoms with Crippen molar-refractivity contribution in [3.63, 3.8) is 0 Å². The van der Waals surface area contributed by atoms with Gasteiger partial charge in [-0.25, -0.2) is 4.79 Å². The number of carbonyl (C=O) groups is 2. The Morgan fingerprint density at radius 1 is 1.10 bits per heavy atom. The summed E-state index contributed by atoms with van der Waals surface area (Å²) < 4.78 is 0. The number of carboxylic acid groups (broad SMARTS) is 1. The third-order valence-electron chi connectivity index (χ3n) is 4.52. The summed E-state index contributed by atoms with van der Waals surface area (Å²) in [6.07, 6.45) is 11.2. The predicted molar refractivity (Wildman–Crippen MR) is 83.6 cm³/mol. The minimum absolute atomic E-state index is 0.0296. The van der Waals surface area contributed by atoms with E-state index in [0.29, 0.717) is 6.29 Å². The van der Waals surface area contributed by atoms with Gasteiger partial charge in [-0.1, -0.05) is 51.4 Å². The van der Waals surface area contributed by atoms with E-state index in [1.807, 2.05) is 7.05 Å². The highest BCUT2D eigenvalue weighted by Crippen LogP contribution is 2.21. The van der Waals surface area contributed by atoms with E-state index < -0.39 is 6.09 Å². The Balaban J connectivity index is 2.77. The summed E-state index contributed by atoms with van der Waals surface area (Å²) in [4.78, 5) is 23.6. The van der Waals surface area contributed by atoms with Crippen LogP contribution in [0.4, 0.5) is 4.79 Å². The number of nitrogens with one attached hydrogen (secondary N) is 1. The monoisotopic (exact) mass is 298 g/mol. The van der Waals surface area contributed by atoms with Gasteiger partial charge in [0.2, 0.25) is 0 Å². The van der Waals surface area contributed by atoms with Crippen LogP contribution in [0, 0.1) is 0 Å². The van der Waals surface area contributed by atoms with Crippen LogP contribution in [-0.2, 0) is 4.79 Å². The molecule has 21 heavy (non-hydrogen) atoms. The fourth-order valence-electron chi connectivity index (χ4n) is 3.32. The summed E-state index contributed by atoms with van der Waals surface area (Å²) in [5.74, 6) is 0. The third kappa shape index (κ3) is 6.46. The van der Waals surface area contributed by atoms with E-state index in [1.54, 1.807) is 0 Å². The smallest absolute Gasteiger partial charge is 0.407 e. The molecule has 1 aliphatic rings. The lowest BCUT2D eigenvalue weighted by molar-refractivity contribution is -0.109. The third-order valence-corrected chi connectivity index (χ3v) is 4.52. The van der Waals surface area contributed by atoms with Crippen LogP contribution in [0.15, 0.2) is 0 Å². The van der Waals surface area contributed by atoms with Crippen molar-refractivity contribution in [1.82, 2.24) is 10.2 Å². The number of amides is 1. The number of aldehydes is 1. The summed E-state index contributed by atoms with van der Waals surface area (Å²) in [5.41, 5.74) is 0. The molecule has 0 aliphatic heterocycles. The lowest BCUT2D eigenvalue weighted by Gasteiger charge is -2.35. The normalized spacial score (nSPS) is 25.4. The van der Waals surface area contributed by atoms with E-state index in [-0.39, 0.29) is 18.6 Å². The zero-order valence-electron chi connectivity index (χ0n) is 13.2. The van der Waals surface area contributed by atoms with Crippen molar-refractivity contribution in [2.75, 3.05) is 13.6 Å². The van der Waals surface area contributed by atoms with Crippen molar-refractivity contribution >= 4 is 12.4 Å². The molecule has 0 aromatic heterocycles. The van der Waals surface area contributed by atoms with Crippen molar-refractivity contribution in [3.8, 4) is 0 Å². The van der Waals surface area contributed by atoms with Crippen LogP contribution in [0.1, 0.15) is 64.2 Å². The Labute approximate surface area is 128 Å². The highest BCUT2D eigenvalue weighted by atomic mass is 16.4. The summed E-state index contributed by atoms with van der Waals surface area (Å²) in [5, 5.41) is 12.7. The Morgan fingerprint density at radius 3 is 2.10 bits per heavy atom. The van der Waals surface area contributed by atoms with Gasteiger partial charge in [-0.2, -0.15) is 0 Å². The van der Waals surface area contributed by atoms with E-state index in [2.05, 4.69) is 5.32 Å². The van der Waals surface area contributed by atoms with Gasteiger partial charge in [0.25, 0.3) is 0 Å². The van der Waals surface area contributed by atoms with Crippen LogP contribution in [0.2, 0.25) is 0 Å². The molecule has 0 aromatic rings. The number of hydrogen-bond donors (Lipinski definition) is 2. The molecule has 0 saturated heterocycles. The molecule has 1 aliphatic carbocycles. The fraction of sp³-hybridized carbons (Fsp3) is 0.875. The maximum absolute atomic E-state index is 11.5. The molecule has 5 heteroatoms. The zero-order valence-corrected chi connectivity index (χ0v) is 13.2. The molecular weight excluding hydrogens is 268 g/mol. The van der Waals surface area contributed by atoms with E-state index in [1.165, 1.54) is 37.0 Å². The number of carbonyl (C=O) groups excluding carboxylic acids is 1. The molecule has 1 fully saturated rings.